The molecule has 0 bridgehead atoms. The van der Waals surface area contributed by atoms with E-state index in [0.717, 1.165) is 0 Å². The first kappa shape index (κ1) is 9.98. The molecule has 2 aromatic rings. The summed E-state index contributed by atoms with van der Waals surface area (Å²) in [6, 6.07) is 2.92. The number of hydrogen-bond acceptors (Lipinski definition) is 2. The van der Waals surface area contributed by atoms with Crippen molar-refractivity contribution in [2.45, 2.75) is 0 Å². The maximum Gasteiger partial charge on any atom is 0.173 e. The molecule has 15 heavy (non-hydrogen) atoms. The minimum atomic E-state index is -0.503. The van der Waals surface area contributed by atoms with Gasteiger partial charge in [-0.15, -0.1) is 0 Å². The fraction of sp³-hybridized carbons (Fsp3) is 0.100. The number of nitrogens with zero attached hydrogens (tertiary/aromatic N) is 1. The van der Waals surface area contributed by atoms with Gasteiger partial charge in [-0.1, -0.05) is 11.6 Å². The lowest BCUT2D eigenvalue weighted by Crippen LogP contribution is -1.91. The summed E-state index contributed by atoms with van der Waals surface area (Å²) in [6.07, 6.45) is 3.25. The van der Waals surface area contributed by atoms with Crippen molar-refractivity contribution in [1.82, 2.24) is 9.97 Å². The van der Waals surface area contributed by atoms with Crippen LogP contribution in [0, 0.1) is 5.82 Å². The molecule has 0 aliphatic heterocycles. The molecule has 0 aliphatic rings. The summed E-state index contributed by atoms with van der Waals surface area (Å²) < 4.78 is 18.3. The fourth-order valence-electron chi connectivity index (χ4n) is 1.31. The summed E-state index contributed by atoms with van der Waals surface area (Å²) in [6.45, 7) is 0. The van der Waals surface area contributed by atoms with Crippen molar-refractivity contribution in [1.29, 1.82) is 0 Å². The summed E-state index contributed by atoms with van der Waals surface area (Å²) >= 11 is 5.85. The maximum absolute atomic E-state index is 13.5. The Kier molecular flexibility index (Phi) is 2.60. The highest BCUT2D eigenvalue weighted by atomic mass is 35.5. The normalized spacial score (nSPS) is 10.3. The van der Waals surface area contributed by atoms with E-state index in [2.05, 4.69) is 9.97 Å². The second kappa shape index (κ2) is 3.90. The number of hydrogen-bond donors (Lipinski definition) is 1. The summed E-state index contributed by atoms with van der Waals surface area (Å²) in [5, 5.41) is 0.226. The quantitative estimate of drug-likeness (QED) is 0.855. The van der Waals surface area contributed by atoms with E-state index >= 15 is 0 Å². The van der Waals surface area contributed by atoms with Gasteiger partial charge in [0.2, 0.25) is 0 Å². The van der Waals surface area contributed by atoms with Gasteiger partial charge in [-0.25, -0.2) is 9.37 Å². The van der Waals surface area contributed by atoms with Crippen LogP contribution in [0.3, 0.4) is 0 Å². The third-order valence-corrected chi connectivity index (χ3v) is 2.25. The number of rotatable bonds is 2. The molecule has 1 aromatic carbocycles. The Morgan fingerprint density at radius 3 is 2.80 bits per heavy atom. The van der Waals surface area contributed by atoms with Crippen molar-refractivity contribution in [3.8, 4) is 17.1 Å². The molecule has 0 unspecified atom stereocenters. The van der Waals surface area contributed by atoms with Crippen LogP contribution in [0.1, 0.15) is 0 Å². The third kappa shape index (κ3) is 1.80. The van der Waals surface area contributed by atoms with E-state index in [1.807, 2.05) is 0 Å². The summed E-state index contributed by atoms with van der Waals surface area (Å²) in [5.74, 6) is 0.113. The van der Waals surface area contributed by atoms with Crippen molar-refractivity contribution >= 4 is 11.6 Å². The number of H-pyrrole nitrogens is 1. The van der Waals surface area contributed by atoms with Crippen LogP contribution in [0.2, 0.25) is 5.02 Å². The Bertz CT molecular complexity index is 447. The van der Waals surface area contributed by atoms with Gasteiger partial charge < -0.3 is 9.72 Å². The number of imidazole rings is 1. The zero-order valence-corrected chi connectivity index (χ0v) is 8.68. The lowest BCUT2D eigenvalue weighted by atomic mass is 10.2. The molecule has 0 saturated heterocycles. The van der Waals surface area contributed by atoms with Crippen LogP contribution in [-0.4, -0.2) is 17.1 Å². The number of nitrogens with one attached hydrogen (secondary N) is 1. The molecule has 0 amide bonds. The van der Waals surface area contributed by atoms with Crippen LogP contribution in [0.5, 0.6) is 5.75 Å². The lowest BCUT2D eigenvalue weighted by molar-refractivity contribution is 0.387. The molecule has 0 aliphatic carbocycles. The Labute approximate surface area is 90.9 Å². The average molecular weight is 227 g/mol. The molecule has 3 nitrogen and oxygen atoms in total. The molecule has 1 heterocycles. The molecule has 5 heteroatoms. The van der Waals surface area contributed by atoms with E-state index in [1.165, 1.54) is 13.2 Å². The minimum absolute atomic E-state index is 0.0481. The zero-order chi connectivity index (χ0) is 10.8. The van der Waals surface area contributed by atoms with Crippen molar-refractivity contribution in [2.75, 3.05) is 7.11 Å². The van der Waals surface area contributed by atoms with Crippen LogP contribution in [0.4, 0.5) is 4.39 Å². The summed E-state index contributed by atoms with van der Waals surface area (Å²) in [5.41, 5.74) is 0.586. The van der Waals surface area contributed by atoms with Crippen LogP contribution < -0.4 is 4.74 Å². The van der Waals surface area contributed by atoms with Gasteiger partial charge in [0.15, 0.2) is 11.6 Å². The number of aromatic nitrogens is 2. The number of ether oxygens (including phenoxy) is 1. The molecule has 78 valence electrons. The van der Waals surface area contributed by atoms with E-state index in [9.17, 15) is 4.39 Å². The SMILES string of the molecule is COc1c(F)cc(-c2ncc[nH]2)cc1Cl. The molecule has 2 rings (SSSR count). The molecule has 1 aromatic heterocycles. The molecule has 1 N–H and O–H groups in total. The van der Waals surface area contributed by atoms with E-state index in [-0.39, 0.29) is 10.8 Å². The minimum Gasteiger partial charge on any atom is -0.492 e. The molecule has 0 fully saturated rings. The highest BCUT2D eigenvalue weighted by molar-refractivity contribution is 6.32. The van der Waals surface area contributed by atoms with E-state index < -0.39 is 5.82 Å². The van der Waals surface area contributed by atoms with Gasteiger partial charge in [0.1, 0.15) is 5.82 Å². The average Bonchev–Trinajstić information content (AvgIpc) is 2.69. The van der Waals surface area contributed by atoms with Gasteiger partial charge in [0.05, 0.1) is 12.1 Å². The standard InChI is InChI=1S/C10H8ClFN2O/c1-15-9-7(11)4-6(5-8(9)12)10-13-2-3-14-10/h2-5H,1H3,(H,13,14). The highest BCUT2D eigenvalue weighted by Gasteiger charge is 2.11. The van der Waals surface area contributed by atoms with Crippen molar-refractivity contribution in [2.24, 2.45) is 0 Å². The molecule has 0 atom stereocenters. The third-order valence-electron chi connectivity index (χ3n) is 1.97. The van der Waals surface area contributed by atoms with Gasteiger partial charge in [-0.05, 0) is 12.1 Å². The second-order valence-electron chi connectivity index (χ2n) is 2.91. The predicted octanol–water partition coefficient (Wildman–Crippen LogP) is 2.88. The van der Waals surface area contributed by atoms with Gasteiger partial charge >= 0.3 is 0 Å². The van der Waals surface area contributed by atoms with Crippen LogP contribution in [0.25, 0.3) is 11.4 Å². The largest absolute Gasteiger partial charge is 0.492 e. The molecular weight excluding hydrogens is 219 g/mol. The zero-order valence-electron chi connectivity index (χ0n) is 7.92. The molecule has 0 spiro atoms. The van der Waals surface area contributed by atoms with Gasteiger partial charge in [0.25, 0.3) is 0 Å². The van der Waals surface area contributed by atoms with Crippen molar-refractivity contribution in [3.63, 3.8) is 0 Å². The number of methoxy groups -OCH3 is 1. The first-order valence-electron chi connectivity index (χ1n) is 4.25. The number of benzene rings is 1. The van der Waals surface area contributed by atoms with Crippen molar-refractivity contribution < 1.29 is 9.13 Å². The lowest BCUT2D eigenvalue weighted by Gasteiger charge is -2.06. The van der Waals surface area contributed by atoms with Crippen molar-refractivity contribution in [3.05, 3.63) is 35.4 Å². The van der Waals surface area contributed by atoms with Gasteiger partial charge in [0, 0.05) is 18.0 Å². The smallest absolute Gasteiger partial charge is 0.173 e. The number of halogens is 2. The molecular formula is C10H8ClFN2O. The molecule has 0 radical (unpaired) electrons. The Balaban J connectivity index is 2.53. The van der Waals surface area contributed by atoms with E-state index in [0.29, 0.717) is 11.4 Å². The van der Waals surface area contributed by atoms with Crippen LogP contribution >= 0.6 is 11.6 Å². The second-order valence-corrected chi connectivity index (χ2v) is 3.32. The highest BCUT2D eigenvalue weighted by Crippen LogP contribution is 2.31. The monoisotopic (exact) mass is 226 g/mol. The Hall–Kier alpha value is -1.55. The van der Waals surface area contributed by atoms with E-state index in [1.54, 1.807) is 18.5 Å². The Morgan fingerprint density at radius 1 is 1.47 bits per heavy atom. The Morgan fingerprint density at radius 2 is 2.27 bits per heavy atom. The summed E-state index contributed by atoms with van der Waals surface area (Å²) in [4.78, 5) is 6.87. The van der Waals surface area contributed by atoms with E-state index in [4.69, 9.17) is 16.3 Å². The maximum atomic E-state index is 13.5. The number of aromatic amines is 1. The first-order chi connectivity index (χ1) is 7.22. The first-order valence-corrected chi connectivity index (χ1v) is 4.63. The fourth-order valence-corrected chi connectivity index (χ4v) is 1.60. The van der Waals surface area contributed by atoms with Gasteiger partial charge in [-0.2, -0.15) is 0 Å². The molecule has 0 saturated carbocycles. The predicted molar refractivity (Wildman–Crippen MR) is 55.5 cm³/mol. The van der Waals surface area contributed by atoms with Gasteiger partial charge in [-0.3, -0.25) is 0 Å². The van der Waals surface area contributed by atoms with Crippen LogP contribution in [-0.2, 0) is 0 Å². The topological polar surface area (TPSA) is 37.9 Å². The summed E-state index contributed by atoms with van der Waals surface area (Å²) in [7, 11) is 1.37. The van der Waals surface area contributed by atoms with Crippen LogP contribution in [0.15, 0.2) is 24.5 Å².